The van der Waals surface area contributed by atoms with Crippen LogP contribution in [0.25, 0.3) is 11.4 Å². The Labute approximate surface area is 112 Å². The van der Waals surface area contributed by atoms with E-state index in [0.717, 1.165) is 5.56 Å². The largest absolute Gasteiger partial charge is 0.478 e. The van der Waals surface area contributed by atoms with E-state index in [-0.39, 0.29) is 11.0 Å². The molecule has 0 aliphatic heterocycles. The molecule has 0 aliphatic rings. The van der Waals surface area contributed by atoms with Gasteiger partial charge in [-0.25, -0.2) is 14.8 Å². The maximum absolute atomic E-state index is 11.2. The highest BCUT2D eigenvalue weighted by Crippen LogP contribution is 2.26. The molecule has 98 valence electrons. The number of nitrogens with zero attached hydrogens (tertiary/aromatic N) is 2. The van der Waals surface area contributed by atoms with E-state index >= 15 is 0 Å². The SMILES string of the molecule is CC(C)(C)c1nc(-c2ccccc2)ncc1C(=O)O. The van der Waals surface area contributed by atoms with Crippen LogP contribution in [0.1, 0.15) is 36.8 Å². The Morgan fingerprint density at radius 1 is 1.16 bits per heavy atom. The zero-order valence-electron chi connectivity index (χ0n) is 11.2. The number of rotatable bonds is 2. The number of carboxylic acid groups (broad SMARTS) is 1. The van der Waals surface area contributed by atoms with Crippen LogP contribution >= 0.6 is 0 Å². The first-order valence-corrected chi connectivity index (χ1v) is 6.06. The third-order valence-corrected chi connectivity index (χ3v) is 2.76. The second-order valence-corrected chi connectivity index (χ2v) is 5.38. The first-order valence-electron chi connectivity index (χ1n) is 6.06. The van der Waals surface area contributed by atoms with Crippen molar-refractivity contribution in [2.45, 2.75) is 26.2 Å². The quantitative estimate of drug-likeness (QED) is 0.896. The molecule has 1 heterocycles. The van der Waals surface area contributed by atoms with E-state index in [0.29, 0.717) is 11.5 Å². The van der Waals surface area contributed by atoms with E-state index in [4.69, 9.17) is 0 Å². The molecule has 1 aromatic carbocycles. The van der Waals surface area contributed by atoms with Crippen LogP contribution in [0.4, 0.5) is 0 Å². The lowest BCUT2D eigenvalue weighted by atomic mass is 9.89. The van der Waals surface area contributed by atoms with Crippen molar-refractivity contribution >= 4 is 5.97 Å². The molecule has 0 amide bonds. The zero-order chi connectivity index (χ0) is 14.0. The van der Waals surface area contributed by atoms with Crippen molar-refractivity contribution in [3.63, 3.8) is 0 Å². The van der Waals surface area contributed by atoms with Crippen LogP contribution < -0.4 is 0 Å². The van der Waals surface area contributed by atoms with Crippen molar-refractivity contribution in [1.82, 2.24) is 9.97 Å². The van der Waals surface area contributed by atoms with Crippen molar-refractivity contribution in [3.8, 4) is 11.4 Å². The molecule has 0 spiro atoms. The Morgan fingerprint density at radius 3 is 2.32 bits per heavy atom. The molecule has 0 fully saturated rings. The summed E-state index contributed by atoms with van der Waals surface area (Å²) in [6.07, 6.45) is 1.39. The van der Waals surface area contributed by atoms with Gasteiger partial charge in [-0.2, -0.15) is 0 Å². The molecule has 0 saturated carbocycles. The molecule has 4 nitrogen and oxygen atoms in total. The fourth-order valence-corrected chi connectivity index (χ4v) is 1.84. The van der Waals surface area contributed by atoms with Gasteiger partial charge in [0.1, 0.15) is 0 Å². The predicted octanol–water partition coefficient (Wildman–Crippen LogP) is 3.14. The molecule has 0 radical (unpaired) electrons. The lowest BCUT2D eigenvalue weighted by Gasteiger charge is -2.20. The average Bonchev–Trinajstić information content (AvgIpc) is 2.38. The van der Waals surface area contributed by atoms with Crippen LogP contribution in [0.2, 0.25) is 0 Å². The molecule has 4 heteroatoms. The van der Waals surface area contributed by atoms with Gasteiger partial charge in [-0.05, 0) is 0 Å². The van der Waals surface area contributed by atoms with Crippen LogP contribution in [-0.4, -0.2) is 21.0 Å². The molecular weight excluding hydrogens is 240 g/mol. The summed E-state index contributed by atoms with van der Waals surface area (Å²) in [4.78, 5) is 19.8. The van der Waals surface area contributed by atoms with Gasteiger partial charge in [-0.3, -0.25) is 0 Å². The Kier molecular flexibility index (Phi) is 3.34. The highest BCUT2D eigenvalue weighted by atomic mass is 16.4. The molecule has 2 rings (SSSR count). The third kappa shape index (κ3) is 2.78. The maximum atomic E-state index is 11.2. The van der Waals surface area contributed by atoms with E-state index in [1.54, 1.807) is 0 Å². The number of aromatic carboxylic acids is 1. The van der Waals surface area contributed by atoms with Crippen LogP contribution in [-0.2, 0) is 5.41 Å². The van der Waals surface area contributed by atoms with Crippen molar-refractivity contribution < 1.29 is 9.90 Å². The second-order valence-electron chi connectivity index (χ2n) is 5.38. The third-order valence-electron chi connectivity index (χ3n) is 2.76. The minimum absolute atomic E-state index is 0.159. The maximum Gasteiger partial charge on any atom is 0.339 e. The van der Waals surface area contributed by atoms with Crippen molar-refractivity contribution in [2.75, 3.05) is 0 Å². The first-order chi connectivity index (χ1) is 8.89. The Hall–Kier alpha value is -2.23. The molecule has 1 N–H and O–H groups in total. The summed E-state index contributed by atoms with van der Waals surface area (Å²) in [6, 6.07) is 9.53. The van der Waals surface area contributed by atoms with Gasteiger partial charge < -0.3 is 5.11 Å². The van der Waals surface area contributed by atoms with Crippen molar-refractivity contribution in [1.29, 1.82) is 0 Å². The summed E-state index contributed by atoms with van der Waals surface area (Å²) >= 11 is 0. The van der Waals surface area contributed by atoms with Gasteiger partial charge in [0.25, 0.3) is 0 Å². The molecule has 0 aliphatic carbocycles. The normalized spacial score (nSPS) is 11.3. The topological polar surface area (TPSA) is 63.1 Å². The average molecular weight is 256 g/mol. The fraction of sp³-hybridized carbons (Fsp3) is 0.267. The minimum atomic E-state index is -0.996. The summed E-state index contributed by atoms with van der Waals surface area (Å²) in [5.41, 5.74) is 1.24. The van der Waals surface area contributed by atoms with E-state index < -0.39 is 5.97 Å². The zero-order valence-corrected chi connectivity index (χ0v) is 11.2. The molecule has 0 unspecified atom stereocenters. The summed E-state index contributed by atoms with van der Waals surface area (Å²) < 4.78 is 0. The van der Waals surface area contributed by atoms with Crippen LogP contribution in [0.15, 0.2) is 36.5 Å². The molecule has 0 saturated heterocycles. The van der Waals surface area contributed by atoms with Gasteiger partial charge in [0.2, 0.25) is 0 Å². The molecule has 0 bridgehead atoms. The van der Waals surface area contributed by atoms with E-state index in [1.165, 1.54) is 6.20 Å². The minimum Gasteiger partial charge on any atom is -0.478 e. The van der Waals surface area contributed by atoms with Crippen LogP contribution in [0.3, 0.4) is 0 Å². The molecule has 1 aromatic heterocycles. The Morgan fingerprint density at radius 2 is 1.79 bits per heavy atom. The van der Waals surface area contributed by atoms with E-state index in [2.05, 4.69) is 9.97 Å². The fourth-order valence-electron chi connectivity index (χ4n) is 1.84. The van der Waals surface area contributed by atoms with E-state index in [9.17, 15) is 9.90 Å². The number of hydrogen-bond donors (Lipinski definition) is 1. The molecular formula is C15H16N2O2. The summed E-state index contributed by atoms with van der Waals surface area (Å²) in [5, 5.41) is 9.21. The summed E-state index contributed by atoms with van der Waals surface area (Å²) in [7, 11) is 0. The number of carboxylic acids is 1. The summed E-state index contributed by atoms with van der Waals surface area (Å²) in [5.74, 6) is -0.444. The van der Waals surface area contributed by atoms with Gasteiger partial charge >= 0.3 is 5.97 Å². The Bertz CT molecular complexity index is 601. The van der Waals surface area contributed by atoms with E-state index in [1.807, 2.05) is 51.1 Å². The Balaban J connectivity index is 2.60. The lowest BCUT2D eigenvalue weighted by Crippen LogP contribution is -2.20. The standard InChI is InChI=1S/C15H16N2O2/c1-15(2,3)12-11(14(18)19)9-16-13(17-12)10-7-5-4-6-8-10/h4-9H,1-3H3,(H,18,19). The van der Waals surface area contributed by atoms with Gasteiger partial charge in [0.05, 0.1) is 11.3 Å². The first kappa shape index (κ1) is 13.2. The van der Waals surface area contributed by atoms with Crippen LogP contribution in [0.5, 0.6) is 0 Å². The molecule has 19 heavy (non-hydrogen) atoms. The highest BCUT2D eigenvalue weighted by Gasteiger charge is 2.24. The number of carbonyl (C=O) groups is 1. The smallest absolute Gasteiger partial charge is 0.339 e. The summed E-state index contributed by atoms with van der Waals surface area (Å²) in [6.45, 7) is 5.82. The van der Waals surface area contributed by atoms with Gasteiger partial charge in [-0.15, -0.1) is 0 Å². The number of hydrogen-bond acceptors (Lipinski definition) is 3. The molecule has 0 atom stereocenters. The van der Waals surface area contributed by atoms with Gasteiger partial charge in [0, 0.05) is 17.2 Å². The predicted molar refractivity (Wildman–Crippen MR) is 73.1 cm³/mol. The number of aromatic nitrogens is 2. The van der Waals surface area contributed by atoms with Gasteiger partial charge in [-0.1, -0.05) is 51.1 Å². The van der Waals surface area contributed by atoms with Crippen molar-refractivity contribution in [2.24, 2.45) is 0 Å². The highest BCUT2D eigenvalue weighted by molar-refractivity contribution is 5.89. The second kappa shape index (κ2) is 4.80. The number of benzene rings is 1. The van der Waals surface area contributed by atoms with Crippen LogP contribution in [0, 0.1) is 0 Å². The monoisotopic (exact) mass is 256 g/mol. The van der Waals surface area contributed by atoms with Gasteiger partial charge in [0.15, 0.2) is 5.82 Å². The molecule has 2 aromatic rings. The lowest BCUT2D eigenvalue weighted by molar-refractivity contribution is 0.0693. The van der Waals surface area contributed by atoms with Crippen molar-refractivity contribution in [3.05, 3.63) is 47.8 Å².